The Morgan fingerprint density at radius 2 is 1.77 bits per heavy atom. The summed E-state index contributed by atoms with van der Waals surface area (Å²) in [5.41, 5.74) is 8.42. The van der Waals surface area contributed by atoms with Crippen molar-refractivity contribution in [3.63, 3.8) is 0 Å². The molecule has 3 rings (SSSR count). The number of aliphatic hydroxyl groups is 3. The van der Waals surface area contributed by atoms with Crippen LogP contribution in [0.25, 0.3) is 5.57 Å². The molecule has 7 N–H and O–H groups in total. The van der Waals surface area contributed by atoms with E-state index in [1.165, 1.54) is 13.8 Å². The van der Waals surface area contributed by atoms with Crippen LogP contribution in [0.3, 0.4) is 0 Å². The zero-order valence-corrected chi connectivity index (χ0v) is 26.0. The molecule has 0 spiro atoms. The number of rotatable bonds is 15. The number of esters is 2. The predicted octanol–water partition coefficient (Wildman–Crippen LogP) is 2.92. The molecule has 1 aliphatic heterocycles. The Hall–Kier alpha value is -3.28. The highest BCUT2D eigenvalue weighted by atomic mass is 16.6. The highest BCUT2D eigenvalue weighted by molar-refractivity contribution is 5.79. The van der Waals surface area contributed by atoms with Gasteiger partial charge in [-0.05, 0) is 91.2 Å². The van der Waals surface area contributed by atoms with E-state index >= 15 is 0 Å². The van der Waals surface area contributed by atoms with Gasteiger partial charge < -0.3 is 45.7 Å². The second-order valence-corrected chi connectivity index (χ2v) is 11.9. The van der Waals surface area contributed by atoms with Crippen molar-refractivity contribution in [2.45, 2.75) is 83.8 Å². The molecule has 0 amide bonds. The van der Waals surface area contributed by atoms with Gasteiger partial charge in [-0.1, -0.05) is 18.9 Å². The highest BCUT2D eigenvalue weighted by Gasteiger charge is 2.34. The first-order valence-electron chi connectivity index (χ1n) is 15.7. The first kappa shape index (κ1) is 35.2. The third-order valence-corrected chi connectivity index (χ3v) is 8.48. The first-order valence-corrected chi connectivity index (χ1v) is 15.7. The van der Waals surface area contributed by atoms with Gasteiger partial charge >= 0.3 is 11.9 Å². The van der Waals surface area contributed by atoms with E-state index in [2.05, 4.69) is 5.32 Å². The number of aromatic hydroxyl groups is 1. The molecule has 0 radical (unpaired) electrons. The van der Waals surface area contributed by atoms with E-state index in [1.807, 2.05) is 6.08 Å². The van der Waals surface area contributed by atoms with E-state index < -0.39 is 24.1 Å². The SMILES string of the molecule is CC(=O)O[C@H](CCc1cc(OCCO)c(O)cc1C1=CCNC(N)=C1)C[C@@H](OC(C)=O)[C@H]1C[C@@H](CCO)CCC[C@@H](CO)C1. The molecule has 5 atom stereocenters. The number of carbonyl (C=O) groups is 2. The zero-order chi connectivity index (χ0) is 32.1. The highest BCUT2D eigenvalue weighted by Crippen LogP contribution is 2.38. The Kier molecular flexibility index (Phi) is 14.3. The second-order valence-electron chi connectivity index (χ2n) is 11.9. The van der Waals surface area contributed by atoms with Gasteiger partial charge in [0.15, 0.2) is 11.5 Å². The molecule has 2 aliphatic rings. The number of nitrogens with two attached hydrogens (primary N) is 1. The van der Waals surface area contributed by atoms with Crippen LogP contribution in [0.15, 0.2) is 30.1 Å². The van der Waals surface area contributed by atoms with Crippen LogP contribution in [-0.4, -0.2) is 77.5 Å². The topological polar surface area (TPSA) is 181 Å². The summed E-state index contributed by atoms with van der Waals surface area (Å²) in [7, 11) is 0. The fraction of sp³-hybridized carbons (Fsp3) is 0.636. The Morgan fingerprint density at radius 3 is 2.43 bits per heavy atom. The number of allylic oxidation sites excluding steroid dienone is 2. The Morgan fingerprint density at radius 1 is 1.05 bits per heavy atom. The molecule has 1 fully saturated rings. The van der Waals surface area contributed by atoms with Gasteiger partial charge in [-0.15, -0.1) is 0 Å². The average Bonchev–Trinajstić information content (AvgIpc) is 2.96. The van der Waals surface area contributed by atoms with Gasteiger partial charge in [0.05, 0.1) is 12.4 Å². The number of hydrogen-bond acceptors (Lipinski definition) is 11. The Labute approximate surface area is 260 Å². The Balaban J connectivity index is 1.90. The van der Waals surface area contributed by atoms with Crippen LogP contribution < -0.4 is 15.8 Å². The number of phenolic OH excluding ortho intramolecular Hbond substituents is 1. The van der Waals surface area contributed by atoms with Gasteiger partial charge in [-0.2, -0.15) is 0 Å². The minimum atomic E-state index is -0.586. The number of ether oxygens (including phenoxy) is 3. The maximum atomic E-state index is 12.3. The molecule has 1 saturated carbocycles. The summed E-state index contributed by atoms with van der Waals surface area (Å²) in [6.07, 6.45) is 8.58. The number of aryl methyl sites for hydroxylation is 1. The molecule has 0 unspecified atom stereocenters. The molecule has 1 aliphatic carbocycles. The molecule has 1 aromatic rings. The minimum Gasteiger partial charge on any atom is -0.504 e. The average molecular weight is 619 g/mol. The molecule has 1 heterocycles. The summed E-state index contributed by atoms with van der Waals surface area (Å²) in [5.74, 6) is 0.0568. The maximum Gasteiger partial charge on any atom is 0.302 e. The summed E-state index contributed by atoms with van der Waals surface area (Å²) >= 11 is 0. The van der Waals surface area contributed by atoms with Gasteiger partial charge in [0.25, 0.3) is 0 Å². The number of benzene rings is 1. The van der Waals surface area contributed by atoms with Crippen molar-refractivity contribution in [2.75, 3.05) is 33.0 Å². The van der Waals surface area contributed by atoms with Crippen LogP contribution in [0.1, 0.15) is 76.3 Å². The van der Waals surface area contributed by atoms with E-state index in [1.54, 1.807) is 18.2 Å². The fourth-order valence-electron chi connectivity index (χ4n) is 6.48. The predicted molar refractivity (Wildman–Crippen MR) is 165 cm³/mol. The molecule has 0 bridgehead atoms. The van der Waals surface area contributed by atoms with Crippen LogP contribution >= 0.6 is 0 Å². The van der Waals surface area contributed by atoms with Crippen molar-refractivity contribution in [3.8, 4) is 11.5 Å². The largest absolute Gasteiger partial charge is 0.504 e. The lowest BCUT2D eigenvalue weighted by atomic mass is 9.75. The summed E-state index contributed by atoms with van der Waals surface area (Å²) < 4.78 is 17.2. The third kappa shape index (κ3) is 11.0. The molecule has 246 valence electrons. The molecule has 0 saturated heterocycles. The fourth-order valence-corrected chi connectivity index (χ4v) is 6.48. The van der Waals surface area contributed by atoms with Gasteiger partial charge in [0, 0.05) is 40.0 Å². The van der Waals surface area contributed by atoms with Gasteiger partial charge in [0.1, 0.15) is 18.8 Å². The third-order valence-electron chi connectivity index (χ3n) is 8.48. The Bertz CT molecular complexity index is 1150. The number of aliphatic hydroxyl groups excluding tert-OH is 3. The van der Waals surface area contributed by atoms with Crippen molar-refractivity contribution in [3.05, 3.63) is 41.2 Å². The van der Waals surface area contributed by atoms with E-state index in [0.29, 0.717) is 38.0 Å². The number of carbonyl (C=O) groups excluding carboxylic acids is 2. The van der Waals surface area contributed by atoms with Crippen LogP contribution in [0, 0.1) is 17.8 Å². The van der Waals surface area contributed by atoms with Crippen LogP contribution in [0.5, 0.6) is 11.5 Å². The molecule has 11 heteroatoms. The normalized spacial score (nSPS) is 21.9. The van der Waals surface area contributed by atoms with Crippen molar-refractivity contribution in [2.24, 2.45) is 23.5 Å². The van der Waals surface area contributed by atoms with Crippen molar-refractivity contribution < 1.29 is 44.2 Å². The van der Waals surface area contributed by atoms with E-state index in [-0.39, 0.29) is 62.1 Å². The van der Waals surface area contributed by atoms with E-state index in [9.17, 15) is 30.0 Å². The van der Waals surface area contributed by atoms with Gasteiger partial charge in [0.2, 0.25) is 0 Å². The van der Waals surface area contributed by atoms with Crippen molar-refractivity contribution in [1.82, 2.24) is 5.32 Å². The zero-order valence-electron chi connectivity index (χ0n) is 26.0. The molecular weight excluding hydrogens is 568 g/mol. The lowest BCUT2D eigenvalue weighted by Crippen LogP contribution is -2.36. The molecular formula is C33H50N2O9. The monoisotopic (exact) mass is 618 g/mol. The first-order chi connectivity index (χ1) is 21.1. The number of hydrogen-bond donors (Lipinski definition) is 6. The smallest absolute Gasteiger partial charge is 0.302 e. The molecule has 11 nitrogen and oxygen atoms in total. The second kappa shape index (κ2) is 17.9. The van der Waals surface area contributed by atoms with Gasteiger partial charge in [-0.3, -0.25) is 9.59 Å². The number of phenols is 1. The van der Waals surface area contributed by atoms with Crippen LogP contribution in [-0.2, 0) is 25.5 Å². The van der Waals surface area contributed by atoms with Crippen LogP contribution in [0.2, 0.25) is 0 Å². The number of nitrogens with one attached hydrogen (secondary N) is 1. The van der Waals surface area contributed by atoms with Crippen molar-refractivity contribution in [1.29, 1.82) is 0 Å². The summed E-state index contributed by atoms with van der Waals surface area (Å²) in [6, 6.07) is 3.33. The maximum absolute atomic E-state index is 12.3. The molecule has 0 aromatic heterocycles. The van der Waals surface area contributed by atoms with Crippen LogP contribution in [0.4, 0.5) is 0 Å². The molecule has 44 heavy (non-hydrogen) atoms. The van der Waals surface area contributed by atoms with E-state index in [0.717, 1.165) is 42.4 Å². The van der Waals surface area contributed by atoms with Crippen molar-refractivity contribution >= 4 is 17.5 Å². The standard InChI is InChI=1S/C33H50N2O9/c1-21(39)43-28(18-31(44-22(2)40)27-14-23(9-11-36)4-3-5-24(15-27)20-38)7-6-25-16-32(42-13-12-37)30(41)19-29(25)26-8-10-35-33(34)17-26/h8,16-17,19,23-24,27-28,31,35-38,41H,3-7,9-15,18,20,34H2,1-2H3/t23-,24-,27+,28-,31-/m1/s1. The lowest BCUT2D eigenvalue weighted by Gasteiger charge is -2.35. The van der Waals surface area contributed by atoms with Gasteiger partial charge in [-0.25, -0.2) is 0 Å². The molecule has 1 aromatic carbocycles. The summed E-state index contributed by atoms with van der Waals surface area (Å²) in [5, 5.41) is 42.6. The lowest BCUT2D eigenvalue weighted by molar-refractivity contribution is -0.156. The van der Waals surface area contributed by atoms with E-state index in [4.69, 9.17) is 19.9 Å². The summed E-state index contributed by atoms with van der Waals surface area (Å²) in [6.45, 7) is 3.18. The quantitative estimate of drug-likeness (QED) is 0.159. The summed E-state index contributed by atoms with van der Waals surface area (Å²) in [4.78, 5) is 24.5. The number of dihydropyridines is 1. The minimum absolute atomic E-state index is 0.0133.